The van der Waals surface area contributed by atoms with Gasteiger partial charge in [-0.2, -0.15) is 0 Å². The number of sulfonamides is 1. The molecule has 0 spiro atoms. The first-order chi connectivity index (χ1) is 13.9. The van der Waals surface area contributed by atoms with Gasteiger partial charge >= 0.3 is 5.97 Å². The second-order valence-electron chi connectivity index (χ2n) is 6.65. The Labute approximate surface area is 172 Å². The van der Waals surface area contributed by atoms with Gasteiger partial charge in [0.05, 0.1) is 17.7 Å². The number of esters is 1. The van der Waals surface area contributed by atoms with Crippen LogP contribution in [-0.4, -0.2) is 34.3 Å². The largest absolute Gasteiger partial charge is 0.495 e. The number of hydrogen-bond acceptors (Lipinski definition) is 7. The summed E-state index contributed by atoms with van der Waals surface area (Å²) in [6.45, 7) is 0.0138. The molecule has 10 heteroatoms. The second-order valence-corrected chi connectivity index (χ2v) is 8.74. The summed E-state index contributed by atoms with van der Waals surface area (Å²) in [4.78, 5) is 12.4. The minimum atomic E-state index is -3.81. The fourth-order valence-electron chi connectivity index (χ4n) is 2.83. The number of fused-ring (bicyclic) bond motifs is 1. The number of ether oxygens (including phenoxy) is 4. The first kappa shape index (κ1) is 19.8. The van der Waals surface area contributed by atoms with Gasteiger partial charge in [0.1, 0.15) is 17.3 Å². The Kier molecular flexibility index (Phi) is 5.28. The predicted molar refractivity (Wildman–Crippen MR) is 103 cm³/mol. The highest BCUT2D eigenvalue weighted by atomic mass is 35.5. The van der Waals surface area contributed by atoms with Crippen LogP contribution in [0.3, 0.4) is 0 Å². The minimum absolute atomic E-state index is 0.0658. The number of benzene rings is 2. The Hall–Kier alpha value is -2.49. The van der Waals surface area contributed by atoms with Gasteiger partial charge in [-0.05, 0) is 48.7 Å². The van der Waals surface area contributed by atoms with Crippen molar-refractivity contribution < 1.29 is 32.2 Å². The van der Waals surface area contributed by atoms with Gasteiger partial charge in [-0.15, -0.1) is 0 Å². The van der Waals surface area contributed by atoms with Crippen LogP contribution in [0.2, 0.25) is 5.02 Å². The van der Waals surface area contributed by atoms with Gasteiger partial charge < -0.3 is 18.9 Å². The summed E-state index contributed by atoms with van der Waals surface area (Å²) in [7, 11) is -2.44. The van der Waals surface area contributed by atoms with Crippen LogP contribution < -0.4 is 18.9 Å². The second kappa shape index (κ2) is 7.74. The van der Waals surface area contributed by atoms with Crippen molar-refractivity contribution in [3.05, 3.63) is 46.5 Å². The van der Waals surface area contributed by atoms with E-state index in [0.717, 1.165) is 12.8 Å². The number of methoxy groups -OCH3 is 1. The molecule has 8 nitrogen and oxygen atoms in total. The zero-order chi connectivity index (χ0) is 20.6. The monoisotopic (exact) mass is 439 g/mol. The van der Waals surface area contributed by atoms with Crippen LogP contribution in [0.1, 0.15) is 28.8 Å². The molecule has 2 aromatic rings. The van der Waals surface area contributed by atoms with Gasteiger partial charge in [-0.3, -0.25) is 0 Å². The molecular formula is C19H18ClNO7S. The van der Waals surface area contributed by atoms with Crippen molar-refractivity contribution in [2.24, 2.45) is 0 Å². The molecule has 0 atom stereocenters. The van der Waals surface area contributed by atoms with Crippen LogP contribution in [0, 0.1) is 0 Å². The van der Waals surface area contributed by atoms with Gasteiger partial charge in [-0.1, -0.05) is 11.6 Å². The van der Waals surface area contributed by atoms with Crippen molar-refractivity contribution in [2.45, 2.75) is 30.4 Å². The highest BCUT2D eigenvalue weighted by Gasteiger charge is 2.30. The average Bonchev–Trinajstić information content (AvgIpc) is 3.36. The van der Waals surface area contributed by atoms with Crippen molar-refractivity contribution in [3.63, 3.8) is 0 Å². The van der Waals surface area contributed by atoms with Gasteiger partial charge in [-0.25, -0.2) is 17.9 Å². The number of carbonyl (C=O) groups excluding carboxylic acids is 1. The Bertz CT molecular complexity index is 1070. The van der Waals surface area contributed by atoms with Crippen molar-refractivity contribution in [1.82, 2.24) is 4.72 Å². The topological polar surface area (TPSA) is 100 Å². The number of nitrogens with one attached hydrogen (secondary N) is 1. The first-order valence-corrected chi connectivity index (χ1v) is 10.7. The number of rotatable bonds is 7. The highest BCUT2D eigenvalue weighted by Crippen LogP contribution is 2.40. The molecule has 0 amide bonds. The van der Waals surface area contributed by atoms with Crippen LogP contribution in [-0.2, 0) is 21.4 Å². The van der Waals surface area contributed by atoms with E-state index in [1.165, 1.54) is 25.3 Å². The summed E-state index contributed by atoms with van der Waals surface area (Å²) in [6.07, 6.45) is 1.59. The summed E-state index contributed by atoms with van der Waals surface area (Å²) < 4.78 is 48.7. The maximum absolute atomic E-state index is 12.6. The molecule has 1 saturated carbocycles. The normalized spacial score (nSPS) is 15.2. The zero-order valence-corrected chi connectivity index (χ0v) is 17.0. The van der Waals surface area contributed by atoms with Crippen LogP contribution in [0.4, 0.5) is 0 Å². The number of carbonyl (C=O) groups is 1. The standard InChI is InChI=1S/C19H18ClNO7S/c1-25-15-5-2-12(8-17(15)29(23,24)21-13-3-4-13)19(22)26-9-11-6-14(20)18-16(7-11)27-10-28-18/h2,5-8,13,21H,3-4,9-10H2,1H3. The minimum Gasteiger partial charge on any atom is -0.495 e. The molecule has 1 N–H and O–H groups in total. The molecule has 29 heavy (non-hydrogen) atoms. The summed E-state index contributed by atoms with van der Waals surface area (Å²) in [5.74, 6) is 0.406. The molecule has 2 aromatic carbocycles. The fraction of sp³-hybridized carbons (Fsp3) is 0.316. The molecule has 154 valence electrons. The van der Waals surface area contributed by atoms with Crippen molar-refractivity contribution in [3.8, 4) is 17.2 Å². The van der Waals surface area contributed by atoms with E-state index in [1.54, 1.807) is 12.1 Å². The lowest BCUT2D eigenvalue weighted by atomic mass is 10.2. The van der Waals surface area contributed by atoms with Gasteiger partial charge in [0, 0.05) is 6.04 Å². The summed E-state index contributed by atoms with van der Waals surface area (Å²) in [6, 6.07) is 7.34. The SMILES string of the molecule is COc1ccc(C(=O)OCc2cc(Cl)c3c(c2)OCO3)cc1S(=O)(=O)NC1CC1. The smallest absolute Gasteiger partial charge is 0.338 e. The molecule has 1 aliphatic carbocycles. The highest BCUT2D eigenvalue weighted by molar-refractivity contribution is 7.89. The summed E-state index contributed by atoms with van der Waals surface area (Å²) >= 11 is 6.13. The average molecular weight is 440 g/mol. The van der Waals surface area contributed by atoms with E-state index in [4.69, 9.17) is 30.5 Å². The molecule has 1 aliphatic heterocycles. The maximum Gasteiger partial charge on any atom is 0.338 e. The molecule has 1 heterocycles. The molecule has 0 bridgehead atoms. The van der Waals surface area contributed by atoms with Gasteiger partial charge in [0.25, 0.3) is 0 Å². The van der Waals surface area contributed by atoms with E-state index in [2.05, 4.69) is 4.72 Å². The van der Waals surface area contributed by atoms with Crippen LogP contribution in [0.5, 0.6) is 17.2 Å². The van der Waals surface area contributed by atoms with Crippen LogP contribution in [0.25, 0.3) is 0 Å². The molecule has 1 fully saturated rings. The van der Waals surface area contributed by atoms with E-state index in [9.17, 15) is 13.2 Å². The number of hydrogen-bond donors (Lipinski definition) is 1. The Balaban J connectivity index is 1.51. The zero-order valence-electron chi connectivity index (χ0n) is 15.4. The Morgan fingerprint density at radius 1 is 1.24 bits per heavy atom. The van der Waals surface area contributed by atoms with Crippen LogP contribution in [0.15, 0.2) is 35.2 Å². The van der Waals surface area contributed by atoms with E-state index in [-0.39, 0.29) is 35.7 Å². The van der Waals surface area contributed by atoms with Gasteiger partial charge in [0.2, 0.25) is 16.8 Å². The molecule has 0 radical (unpaired) electrons. The van der Waals surface area contributed by atoms with Crippen molar-refractivity contribution >= 4 is 27.6 Å². The first-order valence-electron chi connectivity index (χ1n) is 8.83. The van der Waals surface area contributed by atoms with E-state index >= 15 is 0 Å². The van der Waals surface area contributed by atoms with Crippen molar-refractivity contribution in [2.75, 3.05) is 13.9 Å². The predicted octanol–water partition coefficient (Wildman–Crippen LogP) is 2.88. The third-order valence-electron chi connectivity index (χ3n) is 4.44. The molecule has 0 saturated heterocycles. The molecule has 0 unspecified atom stereocenters. The molecule has 0 aromatic heterocycles. The third kappa shape index (κ3) is 4.26. The van der Waals surface area contributed by atoms with Gasteiger partial charge in [0.15, 0.2) is 11.5 Å². The summed E-state index contributed by atoms with van der Waals surface area (Å²) in [5, 5.41) is 0.357. The quantitative estimate of drug-likeness (QED) is 0.662. The molecule has 2 aliphatic rings. The van der Waals surface area contributed by atoms with Crippen molar-refractivity contribution in [1.29, 1.82) is 0 Å². The fourth-order valence-corrected chi connectivity index (χ4v) is 4.62. The molecule has 4 rings (SSSR count). The Morgan fingerprint density at radius 2 is 2.03 bits per heavy atom. The number of halogens is 1. The van der Waals surface area contributed by atoms with E-state index in [1.807, 2.05) is 0 Å². The Morgan fingerprint density at radius 3 is 2.76 bits per heavy atom. The molecular weight excluding hydrogens is 422 g/mol. The van der Waals surface area contributed by atoms with E-state index < -0.39 is 16.0 Å². The lowest BCUT2D eigenvalue weighted by Crippen LogP contribution is -2.26. The maximum atomic E-state index is 12.6. The third-order valence-corrected chi connectivity index (χ3v) is 6.27. The summed E-state index contributed by atoms with van der Waals surface area (Å²) in [5.41, 5.74) is 0.707. The lowest BCUT2D eigenvalue weighted by molar-refractivity contribution is 0.0472. The van der Waals surface area contributed by atoms with E-state index in [0.29, 0.717) is 22.1 Å². The van der Waals surface area contributed by atoms with Crippen LogP contribution >= 0.6 is 11.6 Å². The lowest BCUT2D eigenvalue weighted by Gasteiger charge is -2.12.